The molecule has 0 amide bonds. The lowest BCUT2D eigenvalue weighted by Crippen LogP contribution is -2.13. The highest BCUT2D eigenvalue weighted by Crippen LogP contribution is 2.46. The maximum absolute atomic E-state index is 9.31. The van der Waals surface area contributed by atoms with Crippen molar-refractivity contribution in [1.29, 1.82) is 5.41 Å². The predicted molar refractivity (Wildman–Crippen MR) is 193 cm³/mol. The van der Waals surface area contributed by atoms with Crippen molar-refractivity contribution in [3.63, 3.8) is 0 Å². The Bertz CT molecular complexity index is 2570. The summed E-state index contributed by atoms with van der Waals surface area (Å²) < 4.78 is 4.79. The lowest BCUT2D eigenvalue weighted by Gasteiger charge is -2.17. The Kier molecular flexibility index (Phi) is 5.83. The highest BCUT2D eigenvalue weighted by Gasteiger charge is 2.21. The SMILES string of the molecule is N=C(c1ccc(-c2ccccc2)cc1)c1ccccc1Nn1c2ccccc2c2c3ccccc3c3c4ccccc4sc3c21. The van der Waals surface area contributed by atoms with Crippen molar-refractivity contribution in [3.8, 4) is 11.1 Å². The van der Waals surface area contributed by atoms with Crippen LogP contribution in [0.2, 0.25) is 0 Å². The third-order valence-electron chi connectivity index (χ3n) is 8.86. The second kappa shape index (κ2) is 10.2. The van der Waals surface area contributed by atoms with Crippen LogP contribution < -0.4 is 5.43 Å². The van der Waals surface area contributed by atoms with E-state index in [1.807, 2.05) is 35.6 Å². The number of thiophene rings is 1. The van der Waals surface area contributed by atoms with E-state index in [1.165, 1.54) is 52.8 Å². The smallest absolute Gasteiger partial charge is 0.0894 e. The van der Waals surface area contributed by atoms with Gasteiger partial charge in [-0.25, -0.2) is 0 Å². The summed E-state index contributed by atoms with van der Waals surface area (Å²) in [6, 6.07) is 53.0. The molecule has 0 atom stereocenters. The van der Waals surface area contributed by atoms with Gasteiger partial charge >= 0.3 is 0 Å². The summed E-state index contributed by atoms with van der Waals surface area (Å²) in [7, 11) is 0. The van der Waals surface area contributed by atoms with E-state index >= 15 is 0 Å². The van der Waals surface area contributed by atoms with E-state index in [4.69, 9.17) is 0 Å². The van der Waals surface area contributed by atoms with Crippen LogP contribution in [0.1, 0.15) is 11.1 Å². The molecule has 2 heterocycles. The van der Waals surface area contributed by atoms with Gasteiger partial charge in [-0.15, -0.1) is 11.3 Å². The first-order valence-electron chi connectivity index (χ1n) is 15.1. The van der Waals surface area contributed by atoms with Crippen molar-refractivity contribution in [2.75, 3.05) is 5.43 Å². The summed E-state index contributed by atoms with van der Waals surface area (Å²) in [5.74, 6) is 0. The van der Waals surface area contributed by atoms with Crippen molar-refractivity contribution >= 4 is 75.5 Å². The molecule has 0 aliphatic carbocycles. The van der Waals surface area contributed by atoms with Crippen LogP contribution in [0, 0.1) is 5.41 Å². The van der Waals surface area contributed by atoms with E-state index in [1.54, 1.807) is 0 Å². The molecule has 4 heteroatoms. The van der Waals surface area contributed by atoms with Gasteiger partial charge in [0.05, 0.1) is 27.1 Å². The van der Waals surface area contributed by atoms with Gasteiger partial charge in [0.1, 0.15) is 0 Å². The molecule has 0 aliphatic heterocycles. The molecule has 2 aromatic heterocycles. The maximum Gasteiger partial charge on any atom is 0.0894 e. The molecule has 3 nitrogen and oxygen atoms in total. The molecule has 9 aromatic rings. The van der Waals surface area contributed by atoms with Crippen molar-refractivity contribution < 1.29 is 0 Å². The predicted octanol–water partition coefficient (Wildman–Crippen LogP) is 11.3. The molecule has 45 heavy (non-hydrogen) atoms. The molecular weight excluding hydrogens is 567 g/mol. The number of hydrogen-bond acceptors (Lipinski definition) is 3. The number of nitrogens with one attached hydrogen (secondary N) is 2. The van der Waals surface area contributed by atoms with E-state index in [9.17, 15) is 5.41 Å². The minimum Gasteiger partial charge on any atom is -0.300 e. The molecule has 0 unspecified atom stereocenters. The van der Waals surface area contributed by atoms with Crippen LogP contribution in [-0.4, -0.2) is 10.4 Å². The molecule has 7 aromatic carbocycles. The molecule has 0 aliphatic rings. The normalized spacial score (nSPS) is 11.6. The summed E-state index contributed by atoms with van der Waals surface area (Å²) in [6.07, 6.45) is 0. The van der Waals surface area contributed by atoms with Crippen molar-refractivity contribution in [3.05, 3.63) is 163 Å². The van der Waals surface area contributed by atoms with Crippen LogP contribution in [0.3, 0.4) is 0 Å². The van der Waals surface area contributed by atoms with Gasteiger partial charge in [0.15, 0.2) is 0 Å². The van der Waals surface area contributed by atoms with Gasteiger partial charge in [-0.3, -0.25) is 15.5 Å². The third kappa shape index (κ3) is 4.00. The van der Waals surface area contributed by atoms with Crippen LogP contribution in [0.4, 0.5) is 5.69 Å². The van der Waals surface area contributed by atoms with E-state index in [0.717, 1.165) is 27.9 Å². The van der Waals surface area contributed by atoms with Gasteiger partial charge < -0.3 is 0 Å². The molecular formula is C41H27N3S. The Labute approximate surface area is 264 Å². The Hall–Kier alpha value is -5.71. The van der Waals surface area contributed by atoms with Crippen LogP contribution in [0.15, 0.2) is 152 Å². The van der Waals surface area contributed by atoms with Gasteiger partial charge in [0.2, 0.25) is 0 Å². The fraction of sp³-hybridized carbons (Fsp3) is 0. The van der Waals surface area contributed by atoms with E-state index in [0.29, 0.717) is 5.71 Å². The zero-order chi connectivity index (χ0) is 29.9. The molecule has 0 fully saturated rings. The number of rotatable bonds is 5. The Balaban J connectivity index is 1.25. The van der Waals surface area contributed by atoms with E-state index in [-0.39, 0.29) is 0 Å². The quantitative estimate of drug-likeness (QED) is 0.192. The average molecular weight is 594 g/mol. The lowest BCUT2D eigenvalue weighted by atomic mass is 9.98. The van der Waals surface area contributed by atoms with Crippen LogP contribution >= 0.6 is 11.3 Å². The Morgan fingerprint density at radius 3 is 1.93 bits per heavy atom. The molecule has 9 rings (SSSR count). The number of para-hydroxylation sites is 2. The first-order valence-corrected chi connectivity index (χ1v) is 15.9. The van der Waals surface area contributed by atoms with Crippen LogP contribution in [0.5, 0.6) is 0 Å². The maximum atomic E-state index is 9.31. The summed E-state index contributed by atoms with van der Waals surface area (Å²) in [5.41, 5.74) is 11.5. The van der Waals surface area contributed by atoms with Gasteiger partial charge in [0, 0.05) is 37.4 Å². The monoisotopic (exact) mass is 593 g/mol. The highest BCUT2D eigenvalue weighted by molar-refractivity contribution is 7.27. The number of nitrogens with zero attached hydrogens (tertiary/aromatic N) is 1. The summed E-state index contributed by atoms with van der Waals surface area (Å²) in [6.45, 7) is 0. The van der Waals surface area contributed by atoms with Crippen LogP contribution in [-0.2, 0) is 0 Å². The minimum atomic E-state index is 0.482. The molecule has 212 valence electrons. The standard InChI is InChI=1S/C41H27N3S/c42-39(28-24-22-27(23-25-28)26-12-2-1-3-13-26)31-16-6-9-19-34(31)43-44-35-20-10-7-17-32(35)37-29-14-4-5-15-30(29)38-33-18-8-11-21-36(33)45-41(38)40(37)44/h1-25,42-43H. The van der Waals surface area contributed by atoms with Crippen molar-refractivity contribution in [2.45, 2.75) is 0 Å². The van der Waals surface area contributed by atoms with Gasteiger partial charge in [-0.05, 0) is 40.1 Å². The zero-order valence-electron chi connectivity index (χ0n) is 24.3. The fourth-order valence-corrected chi connectivity index (χ4v) is 8.04. The molecule has 0 bridgehead atoms. The number of anilines is 1. The second-order valence-electron chi connectivity index (χ2n) is 11.4. The zero-order valence-corrected chi connectivity index (χ0v) is 25.1. The van der Waals surface area contributed by atoms with Crippen molar-refractivity contribution in [2.24, 2.45) is 0 Å². The summed E-state index contributed by atoms with van der Waals surface area (Å²) in [5, 5.41) is 16.9. The average Bonchev–Trinajstić information content (AvgIpc) is 3.65. The Morgan fingerprint density at radius 2 is 1.13 bits per heavy atom. The number of fused-ring (bicyclic) bond motifs is 10. The largest absolute Gasteiger partial charge is 0.300 e. The topological polar surface area (TPSA) is 40.8 Å². The molecule has 0 spiro atoms. The lowest BCUT2D eigenvalue weighted by molar-refractivity contribution is 1.06. The van der Waals surface area contributed by atoms with Crippen molar-refractivity contribution in [1.82, 2.24) is 4.68 Å². The summed E-state index contributed by atoms with van der Waals surface area (Å²) >= 11 is 1.85. The van der Waals surface area contributed by atoms with E-state index in [2.05, 4.69) is 137 Å². The first-order chi connectivity index (χ1) is 22.3. The van der Waals surface area contributed by atoms with Crippen LogP contribution in [0.25, 0.3) is 63.9 Å². The molecule has 0 saturated carbocycles. The molecule has 0 radical (unpaired) electrons. The highest BCUT2D eigenvalue weighted by atomic mass is 32.1. The molecule has 0 saturated heterocycles. The Morgan fingerprint density at radius 1 is 0.533 bits per heavy atom. The number of benzene rings is 7. The molecule has 2 N–H and O–H groups in total. The fourth-order valence-electron chi connectivity index (χ4n) is 6.78. The van der Waals surface area contributed by atoms with E-state index < -0.39 is 0 Å². The van der Waals surface area contributed by atoms with Gasteiger partial charge in [-0.1, -0.05) is 133 Å². The van der Waals surface area contributed by atoms with Gasteiger partial charge in [-0.2, -0.15) is 0 Å². The number of aromatic nitrogens is 1. The van der Waals surface area contributed by atoms with Gasteiger partial charge in [0.25, 0.3) is 0 Å². The minimum absolute atomic E-state index is 0.482. The summed E-state index contributed by atoms with van der Waals surface area (Å²) in [4.78, 5) is 0. The number of hydrogen-bond donors (Lipinski definition) is 2. The third-order valence-corrected chi connectivity index (χ3v) is 10.0. The second-order valence-corrected chi connectivity index (χ2v) is 12.5. The first kappa shape index (κ1) is 25.8.